The molecule has 1 saturated carbocycles. The molecule has 3 unspecified atom stereocenters. The normalized spacial score (nSPS) is 31.1. The number of carboxylic acids is 1. The maximum Gasteiger partial charge on any atom is 0.326 e. The van der Waals surface area contributed by atoms with Gasteiger partial charge in [-0.3, -0.25) is 0 Å². The van der Waals surface area contributed by atoms with Crippen molar-refractivity contribution in [3.8, 4) is 0 Å². The number of carbonyl (C=O) groups excluding carboxylic acids is 1. The largest absolute Gasteiger partial charge is 0.480 e. The second-order valence-corrected chi connectivity index (χ2v) is 4.77. The highest BCUT2D eigenvalue weighted by atomic mass is 16.4. The molecule has 0 radical (unpaired) electrons. The van der Waals surface area contributed by atoms with E-state index in [1.54, 1.807) is 6.08 Å². The Labute approximate surface area is 100 Å². The molecule has 2 rings (SSSR count). The molecule has 0 bridgehead atoms. The summed E-state index contributed by atoms with van der Waals surface area (Å²) in [4.78, 5) is 24.6. The summed E-state index contributed by atoms with van der Waals surface area (Å²) in [6, 6.07) is -0.931. The van der Waals surface area contributed by atoms with Crippen LogP contribution in [-0.4, -0.2) is 41.1 Å². The van der Waals surface area contributed by atoms with Gasteiger partial charge in [-0.25, -0.2) is 9.59 Å². The summed E-state index contributed by atoms with van der Waals surface area (Å²) in [5.41, 5.74) is 0. The number of aliphatic carboxylic acids is 1. The molecule has 0 spiro atoms. The minimum Gasteiger partial charge on any atom is -0.480 e. The van der Waals surface area contributed by atoms with Crippen molar-refractivity contribution in [2.45, 2.75) is 25.3 Å². The molecule has 2 N–H and O–H groups in total. The lowest BCUT2D eigenvalue weighted by Crippen LogP contribution is -2.47. The zero-order valence-corrected chi connectivity index (χ0v) is 9.76. The number of urea groups is 1. The van der Waals surface area contributed by atoms with E-state index in [4.69, 9.17) is 0 Å². The van der Waals surface area contributed by atoms with E-state index in [2.05, 4.69) is 11.9 Å². The molecule has 5 nitrogen and oxygen atoms in total. The number of rotatable bonds is 3. The van der Waals surface area contributed by atoms with E-state index in [0.717, 1.165) is 19.3 Å². The Morgan fingerprint density at radius 1 is 1.47 bits per heavy atom. The van der Waals surface area contributed by atoms with Gasteiger partial charge in [-0.1, -0.05) is 12.5 Å². The van der Waals surface area contributed by atoms with Gasteiger partial charge >= 0.3 is 12.0 Å². The Morgan fingerprint density at radius 3 is 2.88 bits per heavy atom. The number of nitrogens with one attached hydrogen (secondary N) is 1. The van der Waals surface area contributed by atoms with E-state index in [-0.39, 0.29) is 11.9 Å². The molecule has 1 aliphatic heterocycles. The molecule has 0 aromatic rings. The van der Waals surface area contributed by atoms with E-state index < -0.39 is 12.0 Å². The van der Waals surface area contributed by atoms with Gasteiger partial charge in [-0.2, -0.15) is 0 Å². The predicted molar refractivity (Wildman–Crippen MR) is 62.6 cm³/mol. The highest BCUT2D eigenvalue weighted by Crippen LogP contribution is 2.42. The predicted octanol–water partition coefficient (Wildman–Crippen LogP) is 1.07. The maximum atomic E-state index is 11.9. The van der Waals surface area contributed by atoms with Gasteiger partial charge in [0.1, 0.15) is 6.04 Å². The standard InChI is InChI=1S/C12H18N2O3/c1-2-6-13-12(17)14-7-8-4-3-5-9(8)10(14)11(15)16/h2,8-10H,1,3-7H2,(H,13,17)(H,15,16). The number of hydrogen-bond donors (Lipinski definition) is 2. The molecule has 17 heavy (non-hydrogen) atoms. The van der Waals surface area contributed by atoms with Gasteiger partial charge in [-0.15, -0.1) is 6.58 Å². The van der Waals surface area contributed by atoms with Crippen molar-refractivity contribution >= 4 is 12.0 Å². The number of carbonyl (C=O) groups is 2. The van der Waals surface area contributed by atoms with Crippen molar-refractivity contribution in [1.82, 2.24) is 10.2 Å². The molecule has 94 valence electrons. The lowest BCUT2D eigenvalue weighted by atomic mass is 9.94. The summed E-state index contributed by atoms with van der Waals surface area (Å²) in [6.07, 6.45) is 4.64. The van der Waals surface area contributed by atoms with E-state index >= 15 is 0 Å². The van der Waals surface area contributed by atoms with Crippen LogP contribution in [0.2, 0.25) is 0 Å². The maximum absolute atomic E-state index is 11.9. The summed E-state index contributed by atoms with van der Waals surface area (Å²) >= 11 is 0. The molecule has 3 atom stereocenters. The van der Waals surface area contributed by atoms with Gasteiger partial charge in [0, 0.05) is 13.1 Å². The van der Waals surface area contributed by atoms with Crippen molar-refractivity contribution in [3.05, 3.63) is 12.7 Å². The first-order chi connectivity index (χ1) is 8.15. The highest BCUT2D eigenvalue weighted by Gasteiger charge is 2.49. The molecule has 0 aromatic carbocycles. The van der Waals surface area contributed by atoms with Gasteiger partial charge in [0.2, 0.25) is 0 Å². The van der Waals surface area contributed by atoms with E-state index in [9.17, 15) is 14.7 Å². The third-order valence-electron chi connectivity index (χ3n) is 3.80. The molecule has 5 heteroatoms. The third-order valence-corrected chi connectivity index (χ3v) is 3.80. The van der Waals surface area contributed by atoms with Gasteiger partial charge in [0.05, 0.1) is 0 Å². The van der Waals surface area contributed by atoms with Crippen molar-refractivity contribution in [2.75, 3.05) is 13.1 Å². The minimum atomic E-state index is -0.881. The third kappa shape index (κ3) is 2.14. The Hall–Kier alpha value is -1.52. The molecule has 2 amide bonds. The summed E-state index contributed by atoms with van der Waals surface area (Å²) in [7, 11) is 0. The number of hydrogen-bond acceptors (Lipinski definition) is 2. The van der Waals surface area contributed by atoms with Crippen LogP contribution in [0.3, 0.4) is 0 Å². The smallest absolute Gasteiger partial charge is 0.326 e. The number of fused-ring (bicyclic) bond motifs is 1. The van der Waals surface area contributed by atoms with Crippen LogP contribution in [0.25, 0.3) is 0 Å². The lowest BCUT2D eigenvalue weighted by molar-refractivity contribution is -0.142. The monoisotopic (exact) mass is 238 g/mol. The number of carboxylic acid groups (broad SMARTS) is 1. The quantitative estimate of drug-likeness (QED) is 0.722. The van der Waals surface area contributed by atoms with Crippen molar-refractivity contribution < 1.29 is 14.7 Å². The molecule has 1 saturated heterocycles. The average Bonchev–Trinajstić information content (AvgIpc) is 2.83. The Kier molecular flexibility index (Phi) is 3.36. The summed E-state index contributed by atoms with van der Waals surface area (Å²) in [5.74, 6) is -0.374. The number of likely N-dealkylation sites (tertiary alicyclic amines) is 1. The van der Waals surface area contributed by atoms with Crippen molar-refractivity contribution in [3.63, 3.8) is 0 Å². The van der Waals surface area contributed by atoms with E-state index in [0.29, 0.717) is 19.0 Å². The topological polar surface area (TPSA) is 69.6 Å². The first kappa shape index (κ1) is 12.0. The van der Waals surface area contributed by atoms with Crippen LogP contribution in [0, 0.1) is 11.8 Å². The Bertz CT molecular complexity index is 343. The molecule has 2 aliphatic rings. The minimum absolute atomic E-state index is 0.141. The SMILES string of the molecule is C=CCNC(=O)N1CC2CCCC2C1C(=O)O. The van der Waals surface area contributed by atoms with Crippen LogP contribution in [0.5, 0.6) is 0 Å². The second-order valence-electron chi connectivity index (χ2n) is 4.77. The van der Waals surface area contributed by atoms with Crippen LogP contribution in [0.1, 0.15) is 19.3 Å². The summed E-state index contributed by atoms with van der Waals surface area (Å²) in [5, 5.41) is 11.9. The summed E-state index contributed by atoms with van der Waals surface area (Å²) < 4.78 is 0. The second kappa shape index (κ2) is 4.77. The van der Waals surface area contributed by atoms with Crippen LogP contribution in [-0.2, 0) is 4.79 Å². The van der Waals surface area contributed by atoms with Gasteiger partial charge in [-0.05, 0) is 24.7 Å². The first-order valence-electron chi connectivity index (χ1n) is 6.03. The zero-order valence-electron chi connectivity index (χ0n) is 9.76. The Morgan fingerprint density at radius 2 is 2.24 bits per heavy atom. The summed E-state index contributed by atoms with van der Waals surface area (Å²) in [6.45, 7) is 4.47. The first-order valence-corrected chi connectivity index (χ1v) is 6.03. The van der Waals surface area contributed by atoms with Crippen LogP contribution in [0.4, 0.5) is 4.79 Å². The fraction of sp³-hybridized carbons (Fsp3) is 0.667. The molecule has 0 aromatic heterocycles. The number of amides is 2. The van der Waals surface area contributed by atoms with Gasteiger partial charge in [0.25, 0.3) is 0 Å². The van der Waals surface area contributed by atoms with E-state index in [1.807, 2.05) is 0 Å². The number of nitrogens with zero attached hydrogens (tertiary/aromatic N) is 1. The zero-order chi connectivity index (χ0) is 12.4. The van der Waals surface area contributed by atoms with E-state index in [1.165, 1.54) is 4.90 Å². The average molecular weight is 238 g/mol. The molecule has 1 aliphatic carbocycles. The molecular weight excluding hydrogens is 220 g/mol. The van der Waals surface area contributed by atoms with Gasteiger partial charge in [0.15, 0.2) is 0 Å². The van der Waals surface area contributed by atoms with Crippen molar-refractivity contribution in [1.29, 1.82) is 0 Å². The molecule has 2 fully saturated rings. The van der Waals surface area contributed by atoms with Gasteiger partial charge < -0.3 is 15.3 Å². The van der Waals surface area contributed by atoms with Crippen molar-refractivity contribution in [2.24, 2.45) is 11.8 Å². The Balaban J connectivity index is 2.08. The fourth-order valence-electron chi connectivity index (χ4n) is 3.09. The van der Waals surface area contributed by atoms with Crippen LogP contribution < -0.4 is 5.32 Å². The molecule has 1 heterocycles. The molecular formula is C12H18N2O3. The highest BCUT2D eigenvalue weighted by molar-refractivity contribution is 5.83. The fourth-order valence-corrected chi connectivity index (χ4v) is 3.09. The van der Waals surface area contributed by atoms with Crippen LogP contribution in [0.15, 0.2) is 12.7 Å². The lowest BCUT2D eigenvalue weighted by Gasteiger charge is -2.24. The van der Waals surface area contributed by atoms with Crippen LogP contribution >= 0.6 is 0 Å².